The van der Waals surface area contributed by atoms with Crippen molar-refractivity contribution >= 4 is 11.8 Å². The van der Waals surface area contributed by atoms with Crippen molar-refractivity contribution in [3.05, 3.63) is 12.0 Å². The normalized spacial score (nSPS) is 23.1. The zero-order chi connectivity index (χ0) is 13.7. The number of nitrogens with zero attached hydrogens (tertiary/aromatic N) is 2. The minimum atomic E-state index is -0.466. The van der Waals surface area contributed by atoms with E-state index in [2.05, 4.69) is 20.6 Å². The van der Waals surface area contributed by atoms with Crippen LogP contribution in [0.5, 0.6) is 0 Å². The van der Waals surface area contributed by atoms with Gasteiger partial charge in [0.2, 0.25) is 5.95 Å². The maximum Gasteiger partial charge on any atom is 0.224 e. The van der Waals surface area contributed by atoms with Crippen LogP contribution in [0.1, 0.15) is 32.6 Å². The fourth-order valence-corrected chi connectivity index (χ4v) is 2.39. The number of hydrogen-bond acceptors (Lipinski definition) is 5. The molecule has 106 valence electrons. The van der Waals surface area contributed by atoms with E-state index in [9.17, 15) is 9.50 Å². The predicted molar refractivity (Wildman–Crippen MR) is 72.6 cm³/mol. The van der Waals surface area contributed by atoms with Crippen molar-refractivity contribution in [2.24, 2.45) is 5.92 Å². The van der Waals surface area contributed by atoms with Gasteiger partial charge in [-0.1, -0.05) is 12.8 Å². The molecule has 1 aliphatic rings. The zero-order valence-electron chi connectivity index (χ0n) is 11.2. The Bertz CT molecular complexity index is 416. The molecule has 2 rings (SSSR count). The summed E-state index contributed by atoms with van der Waals surface area (Å²) in [4.78, 5) is 7.93. The maximum absolute atomic E-state index is 13.6. The van der Waals surface area contributed by atoms with E-state index < -0.39 is 5.82 Å². The lowest BCUT2D eigenvalue weighted by Crippen LogP contribution is -2.30. The molecule has 1 saturated carbocycles. The van der Waals surface area contributed by atoms with E-state index in [1.165, 1.54) is 0 Å². The van der Waals surface area contributed by atoms with Gasteiger partial charge in [0.1, 0.15) is 0 Å². The Hall–Kier alpha value is -1.43. The van der Waals surface area contributed by atoms with Gasteiger partial charge < -0.3 is 15.7 Å². The fourth-order valence-electron chi connectivity index (χ4n) is 2.39. The Kier molecular flexibility index (Phi) is 4.90. The lowest BCUT2D eigenvalue weighted by atomic mass is 9.86. The SMILES string of the molecule is CCNc1ncc(F)c(NCC2CCCCC2O)n1. The molecule has 1 aliphatic carbocycles. The Balaban J connectivity index is 1.96. The van der Waals surface area contributed by atoms with Crippen LogP contribution in [-0.4, -0.2) is 34.3 Å². The number of halogens is 1. The third-order valence-corrected chi connectivity index (χ3v) is 3.48. The van der Waals surface area contributed by atoms with Crippen molar-refractivity contribution < 1.29 is 9.50 Å². The highest BCUT2D eigenvalue weighted by atomic mass is 19.1. The van der Waals surface area contributed by atoms with E-state index in [0.717, 1.165) is 31.9 Å². The first kappa shape index (κ1) is 14.0. The number of aliphatic hydroxyl groups excluding tert-OH is 1. The second-order valence-electron chi connectivity index (χ2n) is 4.91. The van der Waals surface area contributed by atoms with Crippen LogP contribution in [0.4, 0.5) is 16.2 Å². The molecular weight excluding hydrogens is 247 g/mol. The van der Waals surface area contributed by atoms with Crippen molar-refractivity contribution in [1.29, 1.82) is 0 Å². The number of rotatable bonds is 5. The monoisotopic (exact) mass is 268 g/mol. The average Bonchev–Trinajstić information content (AvgIpc) is 2.41. The van der Waals surface area contributed by atoms with Gasteiger partial charge in [-0.05, 0) is 19.8 Å². The largest absolute Gasteiger partial charge is 0.393 e. The minimum Gasteiger partial charge on any atom is -0.393 e. The third kappa shape index (κ3) is 3.76. The number of nitrogens with one attached hydrogen (secondary N) is 2. The molecule has 0 radical (unpaired) electrons. The second kappa shape index (κ2) is 6.65. The summed E-state index contributed by atoms with van der Waals surface area (Å²) in [7, 11) is 0. The summed E-state index contributed by atoms with van der Waals surface area (Å²) < 4.78 is 13.6. The van der Waals surface area contributed by atoms with Gasteiger partial charge in [-0.3, -0.25) is 0 Å². The fraction of sp³-hybridized carbons (Fsp3) is 0.692. The van der Waals surface area contributed by atoms with Crippen LogP contribution in [0.15, 0.2) is 6.20 Å². The van der Waals surface area contributed by atoms with Gasteiger partial charge >= 0.3 is 0 Å². The predicted octanol–water partition coefficient (Wildman–Crippen LogP) is 2.01. The standard InChI is InChI=1S/C13H21FN4O/c1-2-15-13-17-8-10(14)12(18-13)16-7-9-5-3-4-6-11(9)19/h8-9,11,19H,2-7H2,1H3,(H2,15,16,17,18). The highest BCUT2D eigenvalue weighted by molar-refractivity contribution is 5.41. The molecule has 2 atom stereocenters. The highest BCUT2D eigenvalue weighted by Gasteiger charge is 2.23. The van der Waals surface area contributed by atoms with Gasteiger partial charge in [-0.15, -0.1) is 0 Å². The smallest absolute Gasteiger partial charge is 0.224 e. The minimum absolute atomic E-state index is 0.172. The lowest BCUT2D eigenvalue weighted by molar-refractivity contribution is 0.0762. The summed E-state index contributed by atoms with van der Waals surface area (Å²) in [6.07, 6.45) is 4.87. The molecule has 6 heteroatoms. The first-order valence-electron chi connectivity index (χ1n) is 6.89. The summed E-state index contributed by atoms with van der Waals surface area (Å²) in [5.74, 6) is 0.317. The molecule has 3 N–H and O–H groups in total. The first-order chi connectivity index (χ1) is 9.20. The summed E-state index contributed by atoms with van der Waals surface area (Å²) in [5, 5.41) is 15.8. The zero-order valence-corrected chi connectivity index (χ0v) is 11.2. The van der Waals surface area contributed by atoms with Crippen LogP contribution in [-0.2, 0) is 0 Å². The molecule has 1 fully saturated rings. The van der Waals surface area contributed by atoms with Crippen LogP contribution in [0.3, 0.4) is 0 Å². The van der Waals surface area contributed by atoms with Gasteiger partial charge in [-0.2, -0.15) is 4.98 Å². The van der Waals surface area contributed by atoms with Crippen LogP contribution in [0.2, 0.25) is 0 Å². The number of anilines is 2. The highest BCUT2D eigenvalue weighted by Crippen LogP contribution is 2.24. The number of hydrogen-bond donors (Lipinski definition) is 3. The van der Waals surface area contributed by atoms with Gasteiger partial charge in [0.15, 0.2) is 11.6 Å². The van der Waals surface area contributed by atoms with E-state index in [4.69, 9.17) is 0 Å². The van der Waals surface area contributed by atoms with Gasteiger partial charge in [0, 0.05) is 19.0 Å². The van der Waals surface area contributed by atoms with E-state index in [0.29, 0.717) is 19.0 Å². The molecule has 0 saturated heterocycles. The molecular formula is C13H21FN4O. The Labute approximate surface area is 112 Å². The molecule has 1 aromatic heterocycles. The van der Waals surface area contributed by atoms with Crippen LogP contribution < -0.4 is 10.6 Å². The molecule has 0 aliphatic heterocycles. The molecule has 0 spiro atoms. The topological polar surface area (TPSA) is 70.1 Å². The molecule has 2 unspecified atom stereocenters. The summed E-state index contributed by atoms with van der Waals surface area (Å²) in [5.41, 5.74) is 0. The molecule has 0 aromatic carbocycles. The molecule has 5 nitrogen and oxygen atoms in total. The van der Waals surface area contributed by atoms with Crippen LogP contribution in [0, 0.1) is 11.7 Å². The molecule has 19 heavy (non-hydrogen) atoms. The van der Waals surface area contributed by atoms with Crippen LogP contribution >= 0.6 is 0 Å². The van der Waals surface area contributed by atoms with E-state index in [-0.39, 0.29) is 17.8 Å². The van der Waals surface area contributed by atoms with Crippen molar-refractivity contribution in [3.8, 4) is 0 Å². The Morgan fingerprint density at radius 1 is 1.37 bits per heavy atom. The van der Waals surface area contributed by atoms with E-state index in [1.807, 2.05) is 6.92 Å². The molecule has 0 amide bonds. The molecule has 0 bridgehead atoms. The average molecular weight is 268 g/mol. The number of aliphatic hydroxyl groups is 1. The summed E-state index contributed by atoms with van der Waals surface area (Å²) in [6, 6.07) is 0. The second-order valence-corrected chi connectivity index (χ2v) is 4.91. The third-order valence-electron chi connectivity index (χ3n) is 3.48. The van der Waals surface area contributed by atoms with Crippen molar-refractivity contribution in [3.63, 3.8) is 0 Å². The Morgan fingerprint density at radius 3 is 2.89 bits per heavy atom. The Morgan fingerprint density at radius 2 is 2.16 bits per heavy atom. The summed E-state index contributed by atoms with van der Waals surface area (Å²) >= 11 is 0. The van der Waals surface area contributed by atoms with E-state index in [1.54, 1.807) is 0 Å². The lowest BCUT2D eigenvalue weighted by Gasteiger charge is -2.27. The quantitative estimate of drug-likeness (QED) is 0.762. The maximum atomic E-state index is 13.6. The molecule has 1 aromatic rings. The first-order valence-corrected chi connectivity index (χ1v) is 6.89. The van der Waals surface area contributed by atoms with Crippen molar-refractivity contribution in [2.75, 3.05) is 23.7 Å². The van der Waals surface area contributed by atoms with Crippen LogP contribution in [0.25, 0.3) is 0 Å². The summed E-state index contributed by atoms with van der Waals surface area (Å²) in [6.45, 7) is 3.16. The van der Waals surface area contributed by atoms with Gasteiger partial charge in [0.25, 0.3) is 0 Å². The van der Waals surface area contributed by atoms with Gasteiger partial charge in [-0.25, -0.2) is 9.37 Å². The van der Waals surface area contributed by atoms with Gasteiger partial charge in [0.05, 0.1) is 12.3 Å². The van der Waals surface area contributed by atoms with Crippen molar-refractivity contribution in [1.82, 2.24) is 9.97 Å². The molecule has 1 heterocycles. The van der Waals surface area contributed by atoms with Crippen molar-refractivity contribution in [2.45, 2.75) is 38.7 Å². The van der Waals surface area contributed by atoms with E-state index >= 15 is 0 Å². The number of aromatic nitrogens is 2.